The van der Waals surface area contributed by atoms with Gasteiger partial charge in [-0.2, -0.15) is 8.42 Å². The molecular weight excluding hydrogens is 359 g/mol. The van der Waals surface area contributed by atoms with Crippen LogP contribution in [0.1, 0.15) is 77.0 Å². The first kappa shape index (κ1) is 23.6. The van der Waals surface area contributed by atoms with Gasteiger partial charge in [-0.05, 0) is 24.6 Å². The molecule has 0 spiro atoms. The SMILES string of the molecule is CCCCCCCCCCCCc1nc2ccc(S(=O)(=O)O)cc2[nH]1.[NaH]. The molecule has 0 saturated heterocycles. The van der Waals surface area contributed by atoms with Gasteiger partial charge in [0.05, 0.1) is 15.9 Å². The van der Waals surface area contributed by atoms with E-state index < -0.39 is 10.1 Å². The maximum absolute atomic E-state index is 11.2. The Morgan fingerprint density at radius 3 is 2.12 bits per heavy atom. The van der Waals surface area contributed by atoms with E-state index in [1.165, 1.54) is 69.9 Å². The number of rotatable bonds is 12. The van der Waals surface area contributed by atoms with Crippen molar-refractivity contribution in [2.75, 3.05) is 0 Å². The summed E-state index contributed by atoms with van der Waals surface area (Å²) < 4.78 is 31.4. The number of unbranched alkanes of at least 4 members (excludes halogenated alkanes) is 9. The second-order valence-electron chi connectivity index (χ2n) is 6.77. The molecule has 142 valence electrons. The molecule has 0 fully saturated rings. The van der Waals surface area contributed by atoms with Crippen LogP contribution in [0, 0.1) is 0 Å². The number of aryl methyl sites for hydroxylation is 1. The monoisotopic (exact) mass is 390 g/mol. The second-order valence-corrected chi connectivity index (χ2v) is 8.19. The first-order chi connectivity index (χ1) is 12.0. The fourth-order valence-electron chi connectivity index (χ4n) is 3.10. The number of nitrogens with one attached hydrogen (secondary N) is 1. The Morgan fingerprint density at radius 2 is 1.54 bits per heavy atom. The predicted octanol–water partition coefficient (Wildman–Crippen LogP) is 4.62. The summed E-state index contributed by atoms with van der Waals surface area (Å²) in [6, 6.07) is 4.43. The van der Waals surface area contributed by atoms with Crippen LogP contribution < -0.4 is 0 Å². The average Bonchev–Trinajstić information content (AvgIpc) is 2.97. The van der Waals surface area contributed by atoms with E-state index in [0.29, 0.717) is 5.52 Å². The minimum absolute atomic E-state index is 0. The van der Waals surface area contributed by atoms with Gasteiger partial charge in [0.15, 0.2) is 0 Å². The summed E-state index contributed by atoms with van der Waals surface area (Å²) in [6.07, 6.45) is 13.8. The molecule has 2 rings (SSSR count). The molecule has 1 aromatic heterocycles. The molecule has 0 unspecified atom stereocenters. The number of hydrogen-bond acceptors (Lipinski definition) is 3. The predicted molar refractivity (Wildman–Crippen MR) is 109 cm³/mol. The van der Waals surface area contributed by atoms with Crippen molar-refractivity contribution in [3.63, 3.8) is 0 Å². The number of fused-ring (bicyclic) bond motifs is 1. The first-order valence-electron chi connectivity index (χ1n) is 9.47. The Kier molecular flexibility index (Phi) is 11.0. The molecule has 7 heteroatoms. The van der Waals surface area contributed by atoms with Crippen molar-refractivity contribution >= 4 is 50.7 Å². The van der Waals surface area contributed by atoms with E-state index in [9.17, 15) is 8.42 Å². The third-order valence-corrected chi connectivity index (χ3v) is 5.42. The molecule has 0 bridgehead atoms. The molecule has 0 aliphatic carbocycles. The van der Waals surface area contributed by atoms with E-state index in [-0.39, 0.29) is 34.5 Å². The second kappa shape index (κ2) is 12.1. The molecular formula is C19H31N2NaO3S. The van der Waals surface area contributed by atoms with Gasteiger partial charge in [0.2, 0.25) is 0 Å². The molecule has 1 aromatic carbocycles. The van der Waals surface area contributed by atoms with Gasteiger partial charge in [0.25, 0.3) is 10.1 Å². The minimum atomic E-state index is -4.17. The van der Waals surface area contributed by atoms with Crippen molar-refractivity contribution in [2.24, 2.45) is 0 Å². The van der Waals surface area contributed by atoms with Gasteiger partial charge in [-0.25, -0.2) is 4.98 Å². The summed E-state index contributed by atoms with van der Waals surface area (Å²) in [6.45, 7) is 2.25. The number of hydrogen-bond donors (Lipinski definition) is 2. The molecule has 0 radical (unpaired) electrons. The van der Waals surface area contributed by atoms with Crippen molar-refractivity contribution in [3.8, 4) is 0 Å². The Balaban J connectivity index is 0.00000338. The van der Waals surface area contributed by atoms with Gasteiger partial charge in [-0.3, -0.25) is 4.55 Å². The summed E-state index contributed by atoms with van der Waals surface area (Å²) in [7, 11) is -4.17. The van der Waals surface area contributed by atoms with Crippen LogP contribution in [0.3, 0.4) is 0 Å². The Bertz CT molecular complexity index is 759. The van der Waals surface area contributed by atoms with Crippen LogP contribution in [0.5, 0.6) is 0 Å². The zero-order valence-corrected chi connectivity index (χ0v) is 15.9. The fraction of sp³-hybridized carbons (Fsp3) is 0.632. The summed E-state index contributed by atoms with van der Waals surface area (Å²) >= 11 is 0. The molecule has 1 heterocycles. The third kappa shape index (κ3) is 8.09. The van der Waals surface area contributed by atoms with Crippen molar-refractivity contribution in [3.05, 3.63) is 24.0 Å². The van der Waals surface area contributed by atoms with E-state index in [0.717, 1.165) is 24.2 Å². The molecule has 0 saturated carbocycles. The van der Waals surface area contributed by atoms with Crippen molar-refractivity contribution < 1.29 is 13.0 Å². The van der Waals surface area contributed by atoms with Gasteiger partial charge in [-0.1, -0.05) is 64.7 Å². The number of nitrogens with zero attached hydrogens (tertiary/aromatic N) is 1. The third-order valence-electron chi connectivity index (χ3n) is 4.57. The molecule has 0 atom stereocenters. The van der Waals surface area contributed by atoms with E-state index in [1.807, 2.05) is 0 Å². The quantitative estimate of drug-likeness (QED) is 0.315. The van der Waals surface area contributed by atoms with Gasteiger partial charge >= 0.3 is 29.6 Å². The van der Waals surface area contributed by atoms with Crippen LogP contribution in [0.4, 0.5) is 0 Å². The Hall–Kier alpha value is -0.400. The molecule has 0 aliphatic heterocycles. The zero-order valence-electron chi connectivity index (χ0n) is 15.1. The summed E-state index contributed by atoms with van der Waals surface area (Å²) in [5.74, 6) is 0.877. The van der Waals surface area contributed by atoms with Crippen LogP contribution in [0.25, 0.3) is 11.0 Å². The molecule has 0 amide bonds. The Labute approximate surface area is 179 Å². The molecule has 2 N–H and O–H groups in total. The van der Waals surface area contributed by atoms with E-state index in [1.54, 1.807) is 6.07 Å². The molecule has 2 aromatic rings. The molecule has 26 heavy (non-hydrogen) atoms. The normalized spacial score (nSPS) is 11.6. The first-order valence-corrected chi connectivity index (χ1v) is 10.9. The van der Waals surface area contributed by atoms with Crippen LogP contribution in [0.2, 0.25) is 0 Å². The van der Waals surface area contributed by atoms with Gasteiger partial charge in [0, 0.05) is 6.42 Å². The number of H-pyrrole nitrogens is 1. The summed E-state index contributed by atoms with van der Waals surface area (Å²) in [5.41, 5.74) is 1.38. The fourth-order valence-corrected chi connectivity index (χ4v) is 3.61. The molecule has 5 nitrogen and oxygen atoms in total. The van der Waals surface area contributed by atoms with Crippen molar-refractivity contribution in [1.82, 2.24) is 9.97 Å². The van der Waals surface area contributed by atoms with Gasteiger partial charge < -0.3 is 4.98 Å². The van der Waals surface area contributed by atoms with Gasteiger partial charge in [-0.15, -0.1) is 0 Å². The zero-order chi connectivity index (χ0) is 18.1. The van der Waals surface area contributed by atoms with Crippen LogP contribution >= 0.6 is 0 Å². The number of benzene rings is 1. The van der Waals surface area contributed by atoms with Crippen LogP contribution in [0.15, 0.2) is 23.1 Å². The molecule has 0 aliphatic rings. The standard InChI is InChI=1S/C19H30N2O3S.Na.H/c1-2-3-4-5-6-7-8-9-10-11-12-19-20-17-14-13-16(25(22,23)24)15-18(17)21-19;;/h13-15H,2-12H2,1H3,(H,20,21)(H,22,23,24);;. The average molecular weight is 391 g/mol. The number of imidazole rings is 1. The summed E-state index contributed by atoms with van der Waals surface area (Å²) in [5, 5.41) is 0. The van der Waals surface area contributed by atoms with Gasteiger partial charge in [0.1, 0.15) is 5.82 Å². The van der Waals surface area contributed by atoms with E-state index in [2.05, 4.69) is 16.9 Å². The van der Waals surface area contributed by atoms with Crippen LogP contribution in [-0.2, 0) is 16.5 Å². The Morgan fingerprint density at radius 1 is 0.962 bits per heavy atom. The number of aromatic nitrogens is 2. The topological polar surface area (TPSA) is 83.1 Å². The number of aromatic amines is 1. The van der Waals surface area contributed by atoms with Crippen molar-refractivity contribution in [1.29, 1.82) is 0 Å². The summed E-state index contributed by atoms with van der Waals surface area (Å²) in [4.78, 5) is 7.53. The van der Waals surface area contributed by atoms with E-state index in [4.69, 9.17) is 4.55 Å². The van der Waals surface area contributed by atoms with Crippen molar-refractivity contribution in [2.45, 2.75) is 82.4 Å². The van der Waals surface area contributed by atoms with Crippen LogP contribution in [-0.4, -0.2) is 52.5 Å². The van der Waals surface area contributed by atoms with E-state index >= 15 is 0 Å². The maximum atomic E-state index is 11.2.